The van der Waals surface area contributed by atoms with Gasteiger partial charge in [0.25, 0.3) is 11.8 Å². The quantitative estimate of drug-likeness (QED) is 0.334. The molecule has 4 rings (SSSR count). The Kier molecular flexibility index (Phi) is 9.86. The van der Waals surface area contributed by atoms with Gasteiger partial charge in [0, 0.05) is 51.6 Å². The molecule has 2 aromatic heterocycles. The predicted octanol–water partition coefficient (Wildman–Crippen LogP) is 3.24. The average Bonchev–Trinajstić information content (AvgIpc) is 3.66. The van der Waals surface area contributed by atoms with Gasteiger partial charge in [0.05, 0.1) is 25.6 Å². The Balaban J connectivity index is 1.92. The number of aromatic amines is 2. The molecule has 45 heavy (non-hydrogen) atoms. The molecule has 2 aromatic rings. The van der Waals surface area contributed by atoms with Gasteiger partial charge in [-0.3, -0.25) is 19.2 Å². The van der Waals surface area contributed by atoms with E-state index in [-0.39, 0.29) is 36.6 Å². The third kappa shape index (κ3) is 6.64. The molecular weight excluding hydrogens is 572 g/mol. The van der Waals surface area contributed by atoms with Gasteiger partial charge in [-0.2, -0.15) is 0 Å². The number of H-pyrrole nitrogens is 2. The highest BCUT2D eigenvalue weighted by molar-refractivity contribution is 6.31. The Morgan fingerprint density at radius 1 is 0.756 bits per heavy atom. The summed E-state index contributed by atoms with van der Waals surface area (Å²) >= 11 is 0. The number of aromatic nitrogens is 2. The Bertz CT molecular complexity index is 1890. The first-order valence-corrected chi connectivity index (χ1v) is 14.5. The highest BCUT2D eigenvalue weighted by Crippen LogP contribution is 2.27. The van der Waals surface area contributed by atoms with Crippen LogP contribution in [0.25, 0.3) is 18.2 Å². The first-order valence-electron chi connectivity index (χ1n) is 14.5. The molecule has 10 heteroatoms. The Hall–Kier alpha value is -5.25. The number of amides is 2. The van der Waals surface area contributed by atoms with Crippen molar-refractivity contribution in [2.24, 2.45) is 4.99 Å². The number of hydrogen-bond donors (Lipinski definition) is 3. The summed E-state index contributed by atoms with van der Waals surface area (Å²) in [6.07, 6.45) is 9.92. The lowest BCUT2D eigenvalue weighted by molar-refractivity contribution is -0.141. The Morgan fingerprint density at radius 2 is 1.38 bits per heavy atom. The van der Waals surface area contributed by atoms with Gasteiger partial charge in [0.1, 0.15) is 0 Å². The predicted molar refractivity (Wildman–Crippen MR) is 173 cm³/mol. The van der Waals surface area contributed by atoms with E-state index in [2.05, 4.69) is 33.4 Å². The van der Waals surface area contributed by atoms with Crippen LogP contribution in [0, 0.1) is 13.8 Å². The minimum absolute atomic E-state index is 0.167. The standard InChI is InChI=1S/C35H38N4O6/c1-9-22-21(6)34(42)39-29(22)16-27-20(5)25(12-14-33(41)45-8)31(37-27)17-30-24(11-13-32(40)44-7)19(4)26(36-30)15-28-18(3)23(10-2)35(43)38-28/h9-10,15-17,36-37H,1-2,11-14H2,3-8H3,(H,39,42)/b26-15?,29-16-,30-17?. The van der Waals surface area contributed by atoms with Crippen molar-refractivity contribution in [1.29, 1.82) is 0 Å². The molecule has 0 bridgehead atoms. The summed E-state index contributed by atoms with van der Waals surface area (Å²) in [5.41, 5.74) is 8.76. The molecular formula is C35H38N4O6. The number of allylic oxidation sites excluding steroid dienone is 2. The first kappa shape index (κ1) is 32.7. The second kappa shape index (κ2) is 13.6. The van der Waals surface area contributed by atoms with Crippen molar-refractivity contribution in [2.45, 2.75) is 53.4 Å². The van der Waals surface area contributed by atoms with Crippen LogP contribution in [0.1, 0.15) is 60.3 Å². The van der Waals surface area contributed by atoms with Crippen LogP contribution in [0.2, 0.25) is 0 Å². The van der Waals surface area contributed by atoms with Crippen molar-refractivity contribution in [3.8, 4) is 0 Å². The van der Waals surface area contributed by atoms with E-state index in [4.69, 9.17) is 9.47 Å². The maximum Gasteiger partial charge on any atom is 0.305 e. The SMILES string of the molecule is C=CC1=C(C)C(C=c2[nH]c(=Cc3[nH]c(/C=C4\NC(=O)C(C)=C4C=C)c(C)c3CCC(=O)OC)c(CCC(=O)OC)c2C)=NC1=O. The van der Waals surface area contributed by atoms with Gasteiger partial charge < -0.3 is 24.8 Å². The van der Waals surface area contributed by atoms with Crippen molar-refractivity contribution < 1.29 is 28.7 Å². The molecule has 0 radical (unpaired) electrons. The highest BCUT2D eigenvalue weighted by atomic mass is 16.5. The lowest BCUT2D eigenvalue weighted by Gasteiger charge is -2.04. The smallest absolute Gasteiger partial charge is 0.305 e. The fourth-order valence-electron chi connectivity index (χ4n) is 5.54. The van der Waals surface area contributed by atoms with Crippen LogP contribution in [0.5, 0.6) is 0 Å². The molecule has 0 spiro atoms. The second-order valence-electron chi connectivity index (χ2n) is 10.9. The summed E-state index contributed by atoms with van der Waals surface area (Å²) in [4.78, 5) is 60.1. The van der Waals surface area contributed by atoms with Crippen LogP contribution >= 0.6 is 0 Å². The molecule has 0 saturated carbocycles. The van der Waals surface area contributed by atoms with E-state index >= 15 is 0 Å². The summed E-state index contributed by atoms with van der Waals surface area (Å²) in [6, 6.07) is 0. The van der Waals surface area contributed by atoms with Crippen LogP contribution in [0.4, 0.5) is 0 Å². The number of hydrogen-bond acceptors (Lipinski definition) is 6. The zero-order chi connectivity index (χ0) is 33.0. The number of rotatable bonds is 11. The van der Waals surface area contributed by atoms with Gasteiger partial charge in [0.2, 0.25) is 0 Å². The summed E-state index contributed by atoms with van der Waals surface area (Å²) < 4.78 is 9.80. The zero-order valence-electron chi connectivity index (χ0n) is 26.5. The van der Waals surface area contributed by atoms with Crippen LogP contribution in [0.15, 0.2) is 58.3 Å². The third-order valence-electron chi connectivity index (χ3n) is 8.31. The number of nitrogens with one attached hydrogen (secondary N) is 3. The molecule has 0 fully saturated rings. The minimum atomic E-state index is -0.337. The van der Waals surface area contributed by atoms with E-state index in [0.717, 1.165) is 55.5 Å². The number of aliphatic imine (C=N–C) groups is 1. The van der Waals surface area contributed by atoms with E-state index in [9.17, 15) is 19.2 Å². The van der Waals surface area contributed by atoms with E-state index in [1.807, 2.05) is 39.0 Å². The highest BCUT2D eigenvalue weighted by Gasteiger charge is 2.23. The van der Waals surface area contributed by atoms with Crippen molar-refractivity contribution in [1.82, 2.24) is 15.3 Å². The summed E-state index contributed by atoms with van der Waals surface area (Å²) in [5.74, 6) is -1.19. The number of nitrogens with zero attached hydrogens (tertiary/aromatic N) is 1. The molecule has 0 atom stereocenters. The number of methoxy groups -OCH3 is 2. The summed E-state index contributed by atoms with van der Waals surface area (Å²) in [6.45, 7) is 15.1. The van der Waals surface area contributed by atoms with E-state index in [1.54, 1.807) is 13.0 Å². The Morgan fingerprint density at radius 3 is 1.96 bits per heavy atom. The van der Waals surface area contributed by atoms with Crippen molar-refractivity contribution >= 4 is 47.7 Å². The van der Waals surface area contributed by atoms with Crippen LogP contribution in [-0.4, -0.2) is 53.7 Å². The summed E-state index contributed by atoms with van der Waals surface area (Å²) in [5, 5.41) is 4.38. The first-order chi connectivity index (χ1) is 21.4. The van der Waals surface area contributed by atoms with Gasteiger partial charge in [-0.25, -0.2) is 4.99 Å². The minimum Gasteiger partial charge on any atom is -0.469 e. The average molecular weight is 611 g/mol. The van der Waals surface area contributed by atoms with Crippen molar-refractivity contribution in [3.63, 3.8) is 0 Å². The molecule has 0 aromatic carbocycles. The molecule has 2 aliphatic heterocycles. The number of carbonyl (C=O) groups excluding carboxylic acids is 4. The van der Waals surface area contributed by atoms with Gasteiger partial charge in [0.15, 0.2) is 0 Å². The molecule has 10 nitrogen and oxygen atoms in total. The lowest BCUT2D eigenvalue weighted by atomic mass is 10.0. The van der Waals surface area contributed by atoms with Crippen LogP contribution in [-0.2, 0) is 41.5 Å². The molecule has 2 amide bonds. The third-order valence-corrected chi connectivity index (χ3v) is 8.31. The topological polar surface area (TPSA) is 143 Å². The monoisotopic (exact) mass is 610 g/mol. The molecule has 0 saturated heterocycles. The summed E-state index contributed by atoms with van der Waals surface area (Å²) in [7, 11) is 2.71. The van der Waals surface area contributed by atoms with Gasteiger partial charge in [-0.15, -0.1) is 0 Å². The second-order valence-corrected chi connectivity index (χ2v) is 10.9. The number of esters is 2. The normalized spacial score (nSPS) is 16.6. The number of ether oxygens (including phenoxy) is 2. The molecule has 234 valence electrons. The molecule has 3 N–H and O–H groups in total. The molecule has 0 unspecified atom stereocenters. The largest absolute Gasteiger partial charge is 0.469 e. The van der Waals surface area contributed by atoms with Crippen molar-refractivity contribution in [3.05, 3.63) is 97.6 Å². The number of carbonyl (C=O) groups is 4. The van der Waals surface area contributed by atoms with Gasteiger partial charge in [-0.1, -0.05) is 25.3 Å². The molecule has 2 aliphatic rings. The van der Waals surface area contributed by atoms with E-state index in [0.29, 0.717) is 35.4 Å². The van der Waals surface area contributed by atoms with Crippen LogP contribution < -0.4 is 16.0 Å². The zero-order valence-corrected chi connectivity index (χ0v) is 26.5. The lowest BCUT2D eigenvalue weighted by Crippen LogP contribution is -2.15. The maximum absolute atomic E-state index is 12.4. The van der Waals surface area contributed by atoms with E-state index in [1.165, 1.54) is 20.3 Å². The maximum atomic E-state index is 12.4. The van der Waals surface area contributed by atoms with E-state index < -0.39 is 0 Å². The Labute approximate surface area is 261 Å². The molecule has 4 heterocycles. The van der Waals surface area contributed by atoms with Gasteiger partial charge >= 0.3 is 11.9 Å². The van der Waals surface area contributed by atoms with Crippen molar-refractivity contribution in [2.75, 3.05) is 14.2 Å². The fourth-order valence-corrected chi connectivity index (χ4v) is 5.54. The fraction of sp³-hybridized carbons (Fsp3) is 0.286. The van der Waals surface area contributed by atoms with Crippen LogP contribution in [0.3, 0.4) is 0 Å². The molecule has 0 aliphatic carbocycles. The van der Waals surface area contributed by atoms with Gasteiger partial charge in [-0.05, 0) is 86.6 Å².